The minimum absolute atomic E-state index is 0.275. The molecule has 0 bridgehead atoms. The van der Waals surface area contributed by atoms with Gasteiger partial charge >= 0.3 is 0 Å². The van der Waals surface area contributed by atoms with Gasteiger partial charge in [-0.25, -0.2) is 0 Å². The number of alkyl halides is 1. The second-order valence-corrected chi connectivity index (χ2v) is 3.17. The zero-order valence-electron chi connectivity index (χ0n) is 6.65. The fraction of sp³-hybridized carbons (Fsp3) is 0.333. The summed E-state index contributed by atoms with van der Waals surface area (Å²) in [5.74, 6) is 0. The van der Waals surface area contributed by atoms with Crippen LogP contribution in [0.4, 0.5) is 0 Å². The monoisotopic (exact) mass is 185 g/mol. The van der Waals surface area contributed by atoms with Crippen molar-refractivity contribution in [2.45, 2.75) is 11.5 Å². The van der Waals surface area contributed by atoms with Gasteiger partial charge in [-0.15, -0.1) is 11.6 Å². The first-order valence-corrected chi connectivity index (χ1v) is 4.26. The van der Waals surface area contributed by atoms with Crippen LogP contribution in [0.3, 0.4) is 0 Å². The standard InChI is InChI=1S/C9H12ClNO/c10-8(6-11)9(12)7-4-2-1-3-5-7/h1-5,8-9,12H,6,11H2. The number of aliphatic hydroxyl groups is 1. The summed E-state index contributed by atoms with van der Waals surface area (Å²) in [6.07, 6.45) is -0.669. The zero-order chi connectivity index (χ0) is 8.97. The molecule has 2 atom stereocenters. The van der Waals surface area contributed by atoms with Crippen molar-refractivity contribution in [3.8, 4) is 0 Å². The number of halogens is 1. The van der Waals surface area contributed by atoms with Crippen LogP contribution in [-0.2, 0) is 0 Å². The lowest BCUT2D eigenvalue weighted by Crippen LogP contribution is -2.21. The average molecular weight is 186 g/mol. The molecule has 1 aromatic rings. The second-order valence-electron chi connectivity index (χ2n) is 2.61. The van der Waals surface area contributed by atoms with Gasteiger partial charge in [0, 0.05) is 6.54 Å². The number of rotatable bonds is 3. The number of nitrogens with two attached hydrogens (primary N) is 1. The average Bonchev–Trinajstić information content (AvgIpc) is 2.17. The normalized spacial score (nSPS) is 15.6. The molecular formula is C9H12ClNO. The molecule has 2 unspecified atom stereocenters. The van der Waals surface area contributed by atoms with E-state index in [0.29, 0.717) is 0 Å². The van der Waals surface area contributed by atoms with Crippen LogP contribution in [-0.4, -0.2) is 17.0 Å². The Hall–Kier alpha value is -0.570. The molecule has 0 fully saturated rings. The highest BCUT2D eigenvalue weighted by Gasteiger charge is 2.15. The smallest absolute Gasteiger partial charge is 0.0965 e. The SMILES string of the molecule is NCC(Cl)C(O)c1ccccc1. The van der Waals surface area contributed by atoms with Gasteiger partial charge in [-0.1, -0.05) is 30.3 Å². The summed E-state index contributed by atoms with van der Waals surface area (Å²) in [5.41, 5.74) is 6.13. The van der Waals surface area contributed by atoms with E-state index < -0.39 is 11.5 Å². The van der Waals surface area contributed by atoms with Gasteiger partial charge in [0.05, 0.1) is 11.5 Å². The lowest BCUT2D eigenvalue weighted by Gasteiger charge is -2.14. The first-order valence-electron chi connectivity index (χ1n) is 3.83. The summed E-state index contributed by atoms with van der Waals surface area (Å²) in [6.45, 7) is 0.275. The van der Waals surface area contributed by atoms with Crippen LogP contribution in [0.25, 0.3) is 0 Å². The summed E-state index contributed by atoms with van der Waals surface area (Å²) < 4.78 is 0. The second kappa shape index (κ2) is 4.45. The highest BCUT2D eigenvalue weighted by atomic mass is 35.5. The van der Waals surface area contributed by atoms with Crippen molar-refractivity contribution < 1.29 is 5.11 Å². The zero-order valence-corrected chi connectivity index (χ0v) is 7.41. The van der Waals surface area contributed by atoms with Crippen molar-refractivity contribution in [3.05, 3.63) is 35.9 Å². The number of hydrogen-bond acceptors (Lipinski definition) is 2. The third kappa shape index (κ3) is 2.21. The minimum atomic E-state index is -0.669. The molecule has 3 heteroatoms. The molecule has 0 heterocycles. The van der Waals surface area contributed by atoms with Gasteiger partial charge in [-0.2, -0.15) is 0 Å². The van der Waals surface area contributed by atoms with Crippen molar-refractivity contribution in [2.75, 3.05) is 6.54 Å². The molecule has 0 aliphatic carbocycles. The maximum atomic E-state index is 9.58. The van der Waals surface area contributed by atoms with E-state index in [4.69, 9.17) is 17.3 Å². The van der Waals surface area contributed by atoms with Gasteiger partial charge in [-0.05, 0) is 5.56 Å². The van der Waals surface area contributed by atoms with Crippen molar-refractivity contribution in [2.24, 2.45) is 5.73 Å². The Balaban J connectivity index is 2.71. The van der Waals surface area contributed by atoms with Crippen molar-refractivity contribution in [3.63, 3.8) is 0 Å². The number of aliphatic hydroxyl groups excluding tert-OH is 1. The predicted octanol–water partition coefficient (Wildman–Crippen LogP) is 1.29. The highest BCUT2D eigenvalue weighted by Crippen LogP contribution is 2.19. The van der Waals surface area contributed by atoms with Crippen LogP contribution in [0, 0.1) is 0 Å². The summed E-state index contributed by atoms with van der Waals surface area (Å²) in [6, 6.07) is 9.27. The quantitative estimate of drug-likeness (QED) is 0.698. The number of benzene rings is 1. The van der Waals surface area contributed by atoms with E-state index >= 15 is 0 Å². The molecule has 0 saturated carbocycles. The Bertz CT molecular complexity index is 227. The number of hydrogen-bond donors (Lipinski definition) is 2. The molecule has 0 aromatic heterocycles. The van der Waals surface area contributed by atoms with Crippen LogP contribution >= 0.6 is 11.6 Å². The first-order chi connectivity index (χ1) is 5.75. The first kappa shape index (κ1) is 9.52. The van der Waals surface area contributed by atoms with Gasteiger partial charge in [-0.3, -0.25) is 0 Å². The van der Waals surface area contributed by atoms with Gasteiger partial charge in [0.2, 0.25) is 0 Å². The van der Waals surface area contributed by atoms with E-state index in [2.05, 4.69) is 0 Å². The molecule has 0 aliphatic rings. The molecule has 3 N–H and O–H groups in total. The Kier molecular flexibility index (Phi) is 3.53. The van der Waals surface area contributed by atoms with E-state index in [1.807, 2.05) is 30.3 Å². The van der Waals surface area contributed by atoms with Gasteiger partial charge in [0.1, 0.15) is 0 Å². The van der Waals surface area contributed by atoms with E-state index in [9.17, 15) is 5.11 Å². The lowest BCUT2D eigenvalue weighted by atomic mass is 10.1. The predicted molar refractivity (Wildman–Crippen MR) is 50.1 cm³/mol. The van der Waals surface area contributed by atoms with E-state index in [1.54, 1.807) is 0 Å². The third-order valence-corrected chi connectivity index (χ3v) is 2.13. The van der Waals surface area contributed by atoms with Crippen molar-refractivity contribution in [1.29, 1.82) is 0 Å². The highest BCUT2D eigenvalue weighted by molar-refractivity contribution is 6.21. The Labute approximate surface area is 77.0 Å². The van der Waals surface area contributed by atoms with Crippen LogP contribution in [0.5, 0.6) is 0 Å². The van der Waals surface area contributed by atoms with Crippen molar-refractivity contribution >= 4 is 11.6 Å². The van der Waals surface area contributed by atoms with Gasteiger partial charge < -0.3 is 10.8 Å². The molecule has 2 nitrogen and oxygen atoms in total. The van der Waals surface area contributed by atoms with E-state index in [-0.39, 0.29) is 6.54 Å². The van der Waals surface area contributed by atoms with Crippen LogP contribution in [0.2, 0.25) is 0 Å². The van der Waals surface area contributed by atoms with Crippen LogP contribution in [0.1, 0.15) is 11.7 Å². The Morgan fingerprint density at radius 1 is 1.33 bits per heavy atom. The summed E-state index contributed by atoms with van der Waals surface area (Å²) >= 11 is 5.78. The lowest BCUT2D eigenvalue weighted by molar-refractivity contribution is 0.174. The minimum Gasteiger partial charge on any atom is -0.387 e. The Morgan fingerprint density at radius 3 is 2.42 bits per heavy atom. The van der Waals surface area contributed by atoms with Crippen LogP contribution < -0.4 is 5.73 Å². The summed E-state index contributed by atoms with van der Waals surface area (Å²) in [5, 5.41) is 9.17. The molecular weight excluding hydrogens is 174 g/mol. The molecule has 0 spiro atoms. The molecule has 0 saturated heterocycles. The van der Waals surface area contributed by atoms with Gasteiger partial charge in [0.15, 0.2) is 0 Å². The fourth-order valence-corrected chi connectivity index (χ4v) is 1.13. The van der Waals surface area contributed by atoms with Gasteiger partial charge in [0.25, 0.3) is 0 Å². The maximum absolute atomic E-state index is 9.58. The Morgan fingerprint density at radius 2 is 1.92 bits per heavy atom. The third-order valence-electron chi connectivity index (χ3n) is 1.71. The molecule has 0 amide bonds. The van der Waals surface area contributed by atoms with Crippen molar-refractivity contribution in [1.82, 2.24) is 0 Å². The molecule has 12 heavy (non-hydrogen) atoms. The van der Waals surface area contributed by atoms with E-state index in [1.165, 1.54) is 0 Å². The maximum Gasteiger partial charge on any atom is 0.0965 e. The molecule has 66 valence electrons. The summed E-state index contributed by atoms with van der Waals surface area (Å²) in [7, 11) is 0. The fourth-order valence-electron chi connectivity index (χ4n) is 0.988. The van der Waals surface area contributed by atoms with E-state index in [0.717, 1.165) is 5.56 Å². The molecule has 0 radical (unpaired) electrons. The molecule has 0 aliphatic heterocycles. The summed E-state index contributed by atoms with van der Waals surface area (Å²) in [4.78, 5) is 0. The molecule has 1 rings (SSSR count). The topological polar surface area (TPSA) is 46.2 Å². The van der Waals surface area contributed by atoms with Crippen LogP contribution in [0.15, 0.2) is 30.3 Å². The molecule has 1 aromatic carbocycles. The largest absolute Gasteiger partial charge is 0.387 e.